The normalized spacial score (nSPS) is 14.7. The lowest BCUT2D eigenvalue weighted by Gasteiger charge is -2.22. The van der Waals surface area contributed by atoms with Gasteiger partial charge in [-0.25, -0.2) is 0 Å². The van der Waals surface area contributed by atoms with Gasteiger partial charge in [0.2, 0.25) is 5.91 Å². The van der Waals surface area contributed by atoms with Crippen molar-refractivity contribution in [2.75, 3.05) is 39.3 Å². The molecule has 1 aliphatic rings. The SMILES string of the molecule is NCCOc1cccc(CC(=O)N2CCCN(C(=O)c3ccoc3)CC2)c1. The second kappa shape index (κ2) is 9.23. The number of hydrogen-bond acceptors (Lipinski definition) is 5. The molecule has 1 saturated heterocycles. The summed E-state index contributed by atoms with van der Waals surface area (Å²) in [5.41, 5.74) is 6.90. The summed E-state index contributed by atoms with van der Waals surface area (Å²) in [6.07, 6.45) is 4.02. The van der Waals surface area contributed by atoms with Crippen molar-refractivity contribution in [1.29, 1.82) is 0 Å². The third kappa shape index (κ3) is 5.10. The first kappa shape index (κ1) is 19.0. The lowest BCUT2D eigenvalue weighted by atomic mass is 10.1. The Morgan fingerprint density at radius 1 is 1.11 bits per heavy atom. The zero-order valence-corrected chi connectivity index (χ0v) is 15.3. The molecule has 144 valence electrons. The minimum atomic E-state index is -0.0530. The summed E-state index contributed by atoms with van der Waals surface area (Å²) in [4.78, 5) is 28.7. The van der Waals surface area contributed by atoms with E-state index in [2.05, 4.69) is 0 Å². The summed E-state index contributed by atoms with van der Waals surface area (Å²) in [5.74, 6) is 0.727. The molecule has 1 fully saturated rings. The van der Waals surface area contributed by atoms with E-state index in [1.165, 1.54) is 12.5 Å². The molecule has 1 aromatic heterocycles. The van der Waals surface area contributed by atoms with Gasteiger partial charge in [-0.1, -0.05) is 12.1 Å². The number of rotatable bonds is 6. The summed E-state index contributed by atoms with van der Waals surface area (Å²) in [6, 6.07) is 9.19. The van der Waals surface area contributed by atoms with E-state index in [1.54, 1.807) is 11.0 Å². The number of furan rings is 1. The molecule has 2 N–H and O–H groups in total. The van der Waals surface area contributed by atoms with E-state index in [-0.39, 0.29) is 11.8 Å². The number of ether oxygens (including phenoxy) is 1. The van der Waals surface area contributed by atoms with Crippen LogP contribution in [0, 0.1) is 0 Å². The van der Waals surface area contributed by atoms with Crippen molar-refractivity contribution in [2.24, 2.45) is 5.73 Å². The number of hydrogen-bond donors (Lipinski definition) is 1. The summed E-state index contributed by atoms with van der Waals surface area (Å²) >= 11 is 0. The fourth-order valence-corrected chi connectivity index (χ4v) is 3.15. The number of carbonyl (C=O) groups is 2. The van der Waals surface area contributed by atoms with E-state index in [0.29, 0.717) is 51.3 Å². The molecule has 0 unspecified atom stereocenters. The topological polar surface area (TPSA) is 89.0 Å². The van der Waals surface area contributed by atoms with E-state index >= 15 is 0 Å². The second-order valence-corrected chi connectivity index (χ2v) is 6.50. The largest absolute Gasteiger partial charge is 0.492 e. The van der Waals surface area contributed by atoms with E-state index < -0.39 is 0 Å². The van der Waals surface area contributed by atoms with Crippen LogP contribution in [0.4, 0.5) is 0 Å². The molecule has 0 radical (unpaired) electrons. The molecule has 7 nitrogen and oxygen atoms in total. The van der Waals surface area contributed by atoms with Crippen molar-refractivity contribution < 1.29 is 18.7 Å². The Labute approximate surface area is 158 Å². The zero-order valence-electron chi connectivity index (χ0n) is 15.3. The highest BCUT2D eigenvalue weighted by Gasteiger charge is 2.23. The molecular formula is C20H25N3O4. The van der Waals surface area contributed by atoms with Gasteiger partial charge in [0.25, 0.3) is 5.91 Å². The van der Waals surface area contributed by atoms with Gasteiger partial charge >= 0.3 is 0 Å². The second-order valence-electron chi connectivity index (χ2n) is 6.50. The van der Waals surface area contributed by atoms with E-state index in [9.17, 15) is 9.59 Å². The van der Waals surface area contributed by atoms with Crippen LogP contribution in [-0.4, -0.2) is 60.9 Å². The lowest BCUT2D eigenvalue weighted by molar-refractivity contribution is -0.130. The molecule has 2 aromatic rings. The Bertz CT molecular complexity index is 760. The van der Waals surface area contributed by atoms with Gasteiger partial charge in [0, 0.05) is 32.7 Å². The van der Waals surface area contributed by atoms with Crippen LogP contribution < -0.4 is 10.5 Å². The van der Waals surface area contributed by atoms with E-state index in [0.717, 1.165) is 17.7 Å². The van der Waals surface area contributed by atoms with Crippen LogP contribution in [0.25, 0.3) is 0 Å². The van der Waals surface area contributed by atoms with Crippen molar-refractivity contribution in [3.8, 4) is 5.75 Å². The Hall–Kier alpha value is -2.80. The van der Waals surface area contributed by atoms with Crippen LogP contribution in [-0.2, 0) is 11.2 Å². The minimum absolute atomic E-state index is 0.0530. The maximum absolute atomic E-state index is 12.7. The van der Waals surface area contributed by atoms with Gasteiger partial charge in [0.15, 0.2) is 0 Å². The summed E-state index contributed by atoms with van der Waals surface area (Å²) in [6.45, 7) is 3.24. The maximum Gasteiger partial charge on any atom is 0.257 e. The Morgan fingerprint density at radius 3 is 2.70 bits per heavy atom. The molecule has 27 heavy (non-hydrogen) atoms. The smallest absolute Gasteiger partial charge is 0.257 e. The molecule has 0 bridgehead atoms. The predicted octanol–water partition coefficient (Wildman–Crippen LogP) is 1.53. The van der Waals surface area contributed by atoms with Crippen molar-refractivity contribution in [3.05, 3.63) is 54.0 Å². The third-order valence-corrected chi connectivity index (χ3v) is 4.54. The summed E-state index contributed by atoms with van der Waals surface area (Å²) in [7, 11) is 0. The van der Waals surface area contributed by atoms with Gasteiger partial charge in [-0.15, -0.1) is 0 Å². The molecule has 2 heterocycles. The van der Waals surface area contributed by atoms with Crippen LogP contribution in [0.3, 0.4) is 0 Å². The summed E-state index contributed by atoms with van der Waals surface area (Å²) < 4.78 is 10.5. The average molecular weight is 371 g/mol. The number of nitrogens with two attached hydrogens (primary N) is 1. The molecule has 2 amide bonds. The van der Waals surface area contributed by atoms with Gasteiger partial charge < -0.3 is 24.7 Å². The van der Waals surface area contributed by atoms with Crippen molar-refractivity contribution in [2.45, 2.75) is 12.8 Å². The quantitative estimate of drug-likeness (QED) is 0.832. The highest BCUT2D eigenvalue weighted by atomic mass is 16.5. The van der Waals surface area contributed by atoms with Crippen LogP contribution in [0.1, 0.15) is 22.3 Å². The molecule has 0 saturated carbocycles. The number of nitrogens with zero attached hydrogens (tertiary/aromatic N) is 2. The van der Waals surface area contributed by atoms with E-state index in [1.807, 2.05) is 29.2 Å². The fraction of sp³-hybridized carbons (Fsp3) is 0.400. The lowest BCUT2D eigenvalue weighted by Crippen LogP contribution is -2.37. The summed E-state index contributed by atoms with van der Waals surface area (Å²) in [5, 5.41) is 0. The molecule has 7 heteroatoms. The monoisotopic (exact) mass is 371 g/mol. The first-order chi connectivity index (χ1) is 13.2. The molecule has 0 atom stereocenters. The third-order valence-electron chi connectivity index (χ3n) is 4.54. The highest BCUT2D eigenvalue weighted by Crippen LogP contribution is 2.15. The van der Waals surface area contributed by atoms with Gasteiger partial charge in [-0.05, 0) is 30.2 Å². The van der Waals surface area contributed by atoms with Crippen LogP contribution in [0.15, 0.2) is 47.3 Å². The molecule has 3 rings (SSSR count). The van der Waals surface area contributed by atoms with Crippen LogP contribution in [0.5, 0.6) is 5.75 Å². The molecule has 1 aromatic carbocycles. The number of carbonyl (C=O) groups excluding carboxylic acids is 2. The average Bonchev–Trinajstić information content (AvgIpc) is 3.10. The number of amides is 2. The standard InChI is InChI=1S/C20H25N3O4/c21-6-12-27-18-4-1-3-16(13-18)14-19(24)22-7-2-8-23(10-9-22)20(25)17-5-11-26-15-17/h1,3-5,11,13,15H,2,6-10,12,14,21H2. The molecule has 0 spiro atoms. The minimum Gasteiger partial charge on any atom is -0.492 e. The molecule has 1 aliphatic heterocycles. The van der Waals surface area contributed by atoms with Crippen molar-refractivity contribution >= 4 is 11.8 Å². The zero-order chi connectivity index (χ0) is 19.1. The fourth-order valence-electron chi connectivity index (χ4n) is 3.15. The first-order valence-electron chi connectivity index (χ1n) is 9.18. The number of benzene rings is 1. The Balaban J connectivity index is 1.56. The Morgan fingerprint density at radius 2 is 1.93 bits per heavy atom. The molecule has 0 aliphatic carbocycles. The predicted molar refractivity (Wildman–Crippen MR) is 101 cm³/mol. The van der Waals surface area contributed by atoms with Gasteiger partial charge in [0.05, 0.1) is 18.2 Å². The highest BCUT2D eigenvalue weighted by molar-refractivity contribution is 5.93. The van der Waals surface area contributed by atoms with Gasteiger partial charge in [-0.2, -0.15) is 0 Å². The Kier molecular flexibility index (Phi) is 6.49. The van der Waals surface area contributed by atoms with Gasteiger partial charge in [0.1, 0.15) is 18.6 Å². The van der Waals surface area contributed by atoms with Gasteiger partial charge in [-0.3, -0.25) is 9.59 Å². The van der Waals surface area contributed by atoms with E-state index in [4.69, 9.17) is 14.9 Å². The van der Waals surface area contributed by atoms with Crippen molar-refractivity contribution in [3.63, 3.8) is 0 Å². The van der Waals surface area contributed by atoms with Crippen molar-refractivity contribution in [1.82, 2.24) is 9.80 Å². The first-order valence-corrected chi connectivity index (χ1v) is 9.18. The molecular weight excluding hydrogens is 346 g/mol. The maximum atomic E-state index is 12.7. The van der Waals surface area contributed by atoms with Crippen LogP contribution >= 0.6 is 0 Å². The van der Waals surface area contributed by atoms with Crippen LogP contribution in [0.2, 0.25) is 0 Å².